The van der Waals surface area contributed by atoms with Crippen molar-refractivity contribution in [3.05, 3.63) is 47.5 Å². The molecule has 0 spiro atoms. The molecule has 4 aliphatic rings. The van der Waals surface area contributed by atoms with Gasteiger partial charge in [-0.15, -0.1) is 0 Å². The Labute approximate surface area is 225 Å². The minimum atomic E-state index is -4.48. The summed E-state index contributed by atoms with van der Waals surface area (Å²) in [4.78, 5) is 31.1. The molecular formula is C27H33F3N6O3. The van der Waals surface area contributed by atoms with Crippen LogP contribution >= 0.6 is 0 Å². The van der Waals surface area contributed by atoms with Crippen LogP contribution in [-0.2, 0) is 33.4 Å². The predicted molar refractivity (Wildman–Crippen MR) is 135 cm³/mol. The number of aromatic nitrogens is 3. The molecule has 1 saturated carbocycles. The summed E-state index contributed by atoms with van der Waals surface area (Å²) in [6, 6.07) is 3.16. The summed E-state index contributed by atoms with van der Waals surface area (Å²) in [5, 5.41) is 3.76. The first-order valence-electron chi connectivity index (χ1n) is 13.5. The van der Waals surface area contributed by atoms with Crippen LogP contribution in [0.15, 0.2) is 30.7 Å². The minimum Gasteiger partial charge on any atom is -0.379 e. The lowest BCUT2D eigenvalue weighted by atomic mass is 9.78. The highest BCUT2D eigenvalue weighted by atomic mass is 19.4. The highest BCUT2D eigenvalue weighted by Gasteiger charge is 2.59. The quantitative estimate of drug-likeness (QED) is 0.612. The van der Waals surface area contributed by atoms with Crippen molar-refractivity contribution in [1.82, 2.24) is 25.2 Å². The topological polar surface area (TPSA) is 92.7 Å². The molecule has 5 unspecified atom stereocenters. The van der Waals surface area contributed by atoms with E-state index in [1.54, 1.807) is 30.5 Å². The number of carbonyl (C=O) groups excluding carboxylic acids is 1. The molecule has 6 rings (SSSR count). The fourth-order valence-electron chi connectivity index (χ4n) is 6.94. The zero-order chi connectivity index (χ0) is 27.2. The number of nitrogens with one attached hydrogen (secondary N) is 1. The smallest absolute Gasteiger partial charge is 0.379 e. The maximum Gasteiger partial charge on any atom is 0.417 e. The van der Waals surface area contributed by atoms with Crippen molar-refractivity contribution in [2.45, 2.75) is 56.6 Å². The first-order chi connectivity index (χ1) is 18.8. The molecule has 2 saturated heterocycles. The van der Waals surface area contributed by atoms with E-state index >= 15 is 0 Å². The standard InChI is InChI=1S/C27H33F3N6O3/c1-38-23-15-39-8-4-22(23)34-20-10-19-14-36(25-31-5-2-6-32-25)16-26(19,11-20)24(37)35-7-3-21-17(13-35)9-18(12-33-21)27(28,29)30/h2,5-6,9,12,19-20,22-23,34H,3-4,7-8,10-11,13-16H2,1H3. The number of anilines is 1. The van der Waals surface area contributed by atoms with Gasteiger partial charge in [0.05, 0.1) is 23.7 Å². The Morgan fingerprint density at radius 2 is 2.08 bits per heavy atom. The number of pyridine rings is 1. The van der Waals surface area contributed by atoms with E-state index in [1.165, 1.54) is 0 Å². The zero-order valence-electron chi connectivity index (χ0n) is 21.9. The van der Waals surface area contributed by atoms with Gasteiger partial charge in [-0.3, -0.25) is 9.78 Å². The number of hydrogen-bond acceptors (Lipinski definition) is 8. The third kappa shape index (κ3) is 4.98. The number of alkyl halides is 3. The Morgan fingerprint density at radius 1 is 1.26 bits per heavy atom. The molecule has 3 aliphatic heterocycles. The molecule has 2 aromatic heterocycles. The third-order valence-electron chi connectivity index (χ3n) is 8.85. The molecule has 0 aromatic carbocycles. The molecule has 0 radical (unpaired) electrons. The fraction of sp³-hybridized carbons (Fsp3) is 0.630. The fourth-order valence-corrected chi connectivity index (χ4v) is 6.94. The average molecular weight is 547 g/mol. The monoisotopic (exact) mass is 546 g/mol. The van der Waals surface area contributed by atoms with Gasteiger partial charge in [-0.05, 0) is 42.9 Å². The molecule has 12 heteroatoms. The molecule has 5 heterocycles. The highest BCUT2D eigenvalue weighted by Crippen LogP contribution is 2.51. The lowest BCUT2D eigenvalue weighted by Crippen LogP contribution is -2.52. The largest absolute Gasteiger partial charge is 0.417 e. The first kappa shape index (κ1) is 26.4. The Kier molecular flexibility index (Phi) is 6.96. The van der Waals surface area contributed by atoms with Crippen molar-refractivity contribution in [2.75, 3.05) is 44.9 Å². The van der Waals surface area contributed by atoms with Crippen molar-refractivity contribution >= 4 is 11.9 Å². The SMILES string of the molecule is COC1COCCC1NC1CC2CN(c3ncccn3)CC2(C(=O)N2CCc3ncc(C(F)(F)F)cc3C2)C1. The Morgan fingerprint density at radius 3 is 2.85 bits per heavy atom. The number of fused-ring (bicyclic) bond motifs is 2. The molecule has 39 heavy (non-hydrogen) atoms. The van der Waals surface area contributed by atoms with Crippen LogP contribution < -0.4 is 10.2 Å². The van der Waals surface area contributed by atoms with Gasteiger partial charge in [0.15, 0.2) is 0 Å². The summed E-state index contributed by atoms with van der Waals surface area (Å²) in [6.45, 7) is 2.90. The van der Waals surface area contributed by atoms with Gasteiger partial charge in [-0.2, -0.15) is 13.2 Å². The van der Waals surface area contributed by atoms with Crippen molar-refractivity contribution in [3.63, 3.8) is 0 Å². The number of ether oxygens (including phenoxy) is 2. The molecular weight excluding hydrogens is 513 g/mol. The van der Waals surface area contributed by atoms with Crippen molar-refractivity contribution in [3.8, 4) is 0 Å². The van der Waals surface area contributed by atoms with Gasteiger partial charge in [0.25, 0.3) is 0 Å². The van der Waals surface area contributed by atoms with Crippen LogP contribution in [0.5, 0.6) is 0 Å². The Balaban J connectivity index is 1.25. The summed E-state index contributed by atoms with van der Waals surface area (Å²) in [5.41, 5.74) is -0.370. The van der Waals surface area contributed by atoms with Crippen molar-refractivity contribution in [1.29, 1.82) is 0 Å². The van der Waals surface area contributed by atoms with E-state index in [0.717, 1.165) is 25.1 Å². The van der Waals surface area contributed by atoms with E-state index in [9.17, 15) is 18.0 Å². The number of amides is 1. The molecule has 0 bridgehead atoms. The lowest BCUT2D eigenvalue weighted by molar-refractivity contribution is -0.143. The summed E-state index contributed by atoms with van der Waals surface area (Å²) >= 11 is 0. The molecule has 9 nitrogen and oxygen atoms in total. The molecule has 1 aliphatic carbocycles. The molecule has 210 valence electrons. The number of rotatable bonds is 5. The summed E-state index contributed by atoms with van der Waals surface area (Å²) in [6.07, 6.45) is 2.47. The van der Waals surface area contributed by atoms with Gasteiger partial charge in [-0.1, -0.05) is 0 Å². The number of carbonyl (C=O) groups is 1. The van der Waals surface area contributed by atoms with Crippen molar-refractivity contribution in [2.24, 2.45) is 11.3 Å². The highest BCUT2D eigenvalue weighted by molar-refractivity contribution is 5.85. The van der Waals surface area contributed by atoms with Gasteiger partial charge in [0.1, 0.15) is 0 Å². The van der Waals surface area contributed by atoms with Crippen LogP contribution in [0.25, 0.3) is 0 Å². The molecule has 3 fully saturated rings. The number of halogens is 3. The van der Waals surface area contributed by atoms with Gasteiger partial charge in [0, 0.05) is 82.7 Å². The Bertz CT molecular complexity index is 1200. The van der Waals surface area contributed by atoms with Crippen LogP contribution in [0.3, 0.4) is 0 Å². The normalized spacial score (nSPS) is 30.8. The van der Waals surface area contributed by atoms with E-state index in [4.69, 9.17) is 9.47 Å². The van der Waals surface area contributed by atoms with E-state index in [1.807, 2.05) is 0 Å². The molecule has 5 atom stereocenters. The second-order valence-corrected chi connectivity index (χ2v) is 11.1. The maximum atomic E-state index is 14.4. The molecule has 2 aromatic rings. The van der Waals surface area contributed by atoms with Crippen LogP contribution in [0.2, 0.25) is 0 Å². The second kappa shape index (κ2) is 10.3. The summed E-state index contributed by atoms with van der Waals surface area (Å²) < 4.78 is 51.3. The number of methoxy groups -OCH3 is 1. The van der Waals surface area contributed by atoms with Crippen LogP contribution in [-0.4, -0.2) is 83.9 Å². The lowest BCUT2D eigenvalue weighted by Gasteiger charge is -2.37. The summed E-state index contributed by atoms with van der Waals surface area (Å²) in [7, 11) is 1.69. The zero-order valence-corrected chi connectivity index (χ0v) is 21.9. The Hall–Kier alpha value is -2.83. The second-order valence-electron chi connectivity index (χ2n) is 11.1. The predicted octanol–water partition coefficient (Wildman–Crippen LogP) is 2.45. The number of nitrogens with zero attached hydrogens (tertiary/aromatic N) is 5. The van der Waals surface area contributed by atoms with Gasteiger partial charge in [0.2, 0.25) is 11.9 Å². The summed E-state index contributed by atoms with van der Waals surface area (Å²) in [5.74, 6) is 0.650. The number of hydrogen-bond donors (Lipinski definition) is 1. The van der Waals surface area contributed by atoms with E-state index < -0.39 is 17.2 Å². The minimum absolute atomic E-state index is 0.00596. The van der Waals surface area contributed by atoms with E-state index in [0.29, 0.717) is 62.9 Å². The van der Waals surface area contributed by atoms with Crippen LogP contribution in [0.4, 0.5) is 19.1 Å². The average Bonchev–Trinajstić information content (AvgIpc) is 3.47. The maximum absolute atomic E-state index is 14.4. The third-order valence-corrected chi connectivity index (χ3v) is 8.85. The first-order valence-corrected chi connectivity index (χ1v) is 13.5. The van der Waals surface area contributed by atoms with E-state index in [2.05, 4.69) is 25.2 Å². The van der Waals surface area contributed by atoms with E-state index in [-0.39, 0.29) is 36.6 Å². The molecule has 1 N–H and O–H groups in total. The van der Waals surface area contributed by atoms with Gasteiger partial charge in [-0.25, -0.2) is 9.97 Å². The van der Waals surface area contributed by atoms with Crippen LogP contribution in [0.1, 0.15) is 36.1 Å². The van der Waals surface area contributed by atoms with Gasteiger partial charge < -0.3 is 24.6 Å². The molecule has 1 amide bonds. The van der Waals surface area contributed by atoms with Crippen molar-refractivity contribution < 1.29 is 27.4 Å². The van der Waals surface area contributed by atoms with Crippen LogP contribution in [0, 0.1) is 11.3 Å². The van der Waals surface area contributed by atoms with Gasteiger partial charge >= 0.3 is 6.18 Å².